The van der Waals surface area contributed by atoms with Crippen molar-refractivity contribution >= 4 is 122 Å². The molecule has 0 saturated carbocycles. The smallest absolute Gasteiger partial charge is 0.0468 e. The molecule has 0 bridgehead atoms. The fourth-order valence-electron chi connectivity index (χ4n) is 6.75. The molecule has 10 rings (SSSR count). The molecule has 0 unspecified atom stereocenters. The Labute approximate surface area is 265 Å². The summed E-state index contributed by atoms with van der Waals surface area (Å²) in [5.74, 6) is 0. The highest BCUT2D eigenvalue weighted by Gasteiger charge is 2.17. The first-order valence-corrected chi connectivity index (χ1v) is 17.2. The van der Waals surface area contributed by atoms with Crippen molar-refractivity contribution in [2.75, 3.05) is 4.90 Å². The summed E-state index contributed by atoms with van der Waals surface area (Å²) in [4.78, 5) is 2.44. The third kappa shape index (κ3) is 3.69. The van der Waals surface area contributed by atoms with Crippen LogP contribution in [0.25, 0.3) is 71.3 Å². The van der Waals surface area contributed by atoms with Gasteiger partial charge in [0.1, 0.15) is 0 Å². The van der Waals surface area contributed by atoms with Crippen LogP contribution in [0, 0.1) is 0 Å². The van der Waals surface area contributed by atoms with Crippen molar-refractivity contribution in [1.29, 1.82) is 0 Å². The van der Waals surface area contributed by atoms with Crippen LogP contribution in [0.2, 0.25) is 0 Å². The van der Waals surface area contributed by atoms with Crippen LogP contribution in [0.3, 0.4) is 0 Å². The maximum Gasteiger partial charge on any atom is 0.0468 e. The second-order valence-electron chi connectivity index (χ2n) is 11.4. The summed E-state index contributed by atoms with van der Waals surface area (Å²) in [5, 5.41) is 10.5. The molecule has 0 amide bonds. The number of anilines is 3. The number of thiophene rings is 3. The van der Waals surface area contributed by atoms with Gasteiger partial charge in [0.2, 0.25) is 0 Å². The van der Waals surface area contributed by atoms with Crippen LogP contribution < -0.4 is 4.90 Å². The molecular formula is C40H23NS3. The van der Waals surface area contributed by atoms with Gasteiger partial charge in [-0.25, -0.2) is 0 Å². The molecule has 0 fully saturated rings. The van der Waals surface area contributed by atoms with Crippen LogP contribution in [-0.2, 0) is 0 Å². The van der Waals surface area contributed by atoms with Gasteiger partial charge in [0.05, 0.1) is 0 Å². The molecule has 0 aliphatic heterocycles. The molecule has 0 saturated heterocycles. The molecular weight excluding hydrogens is 591 g/mol. The molecule has 44 heavy (non-hydrogen) atoms. The van der Waals surface area contributed by atoms with Gasteiger partial charge in [0, 0.05) is 77.6 Å². The largest absolute Gasteiger partial charge is 0.310 e. The highest BCUT2D eigenvalue weighted by atomic mass is 32.1. The lowest BCUT2D eigenvalue weighted by Gasteiger charge is -2.26. The first kappa shape index (κ1) is 24.7. The minimum Gasteiger partial charge on any atom is -0.310 e. The summed E-state index contributed by atoms with van der Waals surface area (Å²) >= 11 is 5.61. The highest BCUT2D eigenvalue weighted by molar-refractivity contribution is 7.26. The Hall–Kier alpha value is -4.74. The second-order valence-corrected chi connectivity index (χ2v) is 14.6. The predicted octanol–water partition coefficient (Wildman–Crippen LogP) is 13.4. The Bertz CT molecular complexity index is 2630. The fraction of sp³-hybridized carbons (Fsp3) is 0. The van der Waals surface area contributed by atoms with Crippen molar-refractivity contribution in [2.24, 2.45) is 0 Å². The van der Waals surface area contributed by atoms with E-state index in [0.717, 1.165) is 5.69 Å². The Morgan fingerprint density at radius 2 is 0.727 bits per heavy atom. The van der Waals surface area contributed by atoms with E-state index in [0.29, 0.717) is 0 Å². The van der Waals surface area contributed by atoms with Crippen molar-refractivity contribution < 1.29 is 0 Å². The van der Waals surface area contributed by atoms with E-state index in [9.17, 15) is 0 Å². The summed E-state index contributed by atoms with van der Waals surface area (Å²) in [7, 11) is 0. The predicted molar refractivity (Wildman–Crippen MR) is 197 cm³/mol. The molecule has 0 atom stereocenters. The standard InChI is InChI=1S/C40H23NS3/c1-6-12-37-29(7-1)32-20-24-13-14-26(19-25(24)21-40(32)44-37)41(27-15-17-38-33(22-27)30-8-2-4-10-35(30)42-38)28-16-18-39-34(23-28)31-9-3-5-11-36(31)43-39/h1-23H. The Morgan fingerprint density at radius 3 is 1.30 bits per heavy atom. The van der Waals surface area contributed by atoms with Crippen LogP contribution in [0.5, 0.6) is 0 Å². The Morgan fingerprint density at radius 1 is 0.295 bits per heavy atom. The van der Waals surface area contributed by atoms with E-state index in [1.54, 1.807) is 0 Å². The SMILES string of the molecule is c1ccc2c(c1)sc1ccc(N(c3ccc4cc5c(cc4c3)sc3ccccc35)c3ccc4sc5ccccc5c4c3)cc12. The van der Waals surface area contributed by atoms with Gasteiger partial charge in [0.25, 0.3) is 0 Å². The average Bonchev–Trinajstić information content (AvgIpc) is 3.74. The van der Waals surface area contributed by atoms with Crippen molar-refractivity contribution in [3.8, 4) is 0 Å². The van der Waals surface area contributed by atoms with Gasteiger partial charge < -0.3 is 4.90 Å². The lowest BCUT2D eigenvalue weighted by Crippen LogP contribution is -2.09. The van der Waals surface area contributed by atoms with E-state index in [4.69, 9.17) is 0 Å². The van der Waals surface area contributed by atoms with Crippen LogP contribution in [-0.4, -0.2) is 0 Å². The van der Waals surface area contributed by atoms with Crippen molar-refractivity contribution in [1.82, 2.24) is 0 Å². The molecule has 0 N–H and O–H groups in total. The lowest BCUT2D eigenvalue weighted by atomic mass is 10.0. The van der Waals surface area contributed by atoms with E-state index in [1.807, 2.05) is 34.0 Å². The molecule has 4 heteroatoms. The van der Waals surface area contributed by atoms with Crippen molar-refractivity contribution in [2.45, 2.75) is 0 Å². The first-order valence-electron chi connectivity index (χ1n) is 14.7. The normalized spacial score (nSPS) is 12.1. The maximum atomic E-state index is 2.44. The van der Waals surface area contributed by atoms with Gasteiger partial charge in [-0.05, 0) is 89.6 Å². The molecule has 0 aliphatic carbocycles. The van der Waals surface area contributed by atoms with Crippen LogP contribution in [0.4, 0.5) is 17.1 Å². The molecule has 0 spiro atoms. The van der Waals surface area contributed by atoms with Gasteiger partial charge in [-0.15, -0.1) is 34.0 Å². The van der Waals surface area contributed by atoms with Crippen molar-refractivity contribution in [3.05, 3.63) is 140 Å². The number of nitrogens with zero attached hydrogens (tertiary/aromatic N) is 1. The quantitative estimate of drug-likeness (QED) is 0.192. The van der Waals surface area contributed by atoms with E-state index in [-0.39, 0.29) is 0 Å². The van der Waals surface area contributed by atoms with Crippen LogP contribution >= 0.6 is 34.0 Å². The second kappa shape index (κ2) is 9.38. The zero-order valence-electron chi connectivity index (χ0n) is 23.5. The molecule has 10 aromatic rings. The monoisotopic (exact) mass is 613 g/mol. The molecule has 1 nitrogen and oxygen atoms in total. The van der Waals surface area contributed by atoms with E-state index >= 15 is 0 Å². The Balaban J connectivity index is 1.22. The summed E-state index contributed by atoms with van der Waals surface area (Å²) in [6.45, 7) is 0. The van der Waals surface area contributed by atoms with Crippen LogP contribution in [0.1, 0.15) is 0 Å². The van der Waals surface area contributed by atoms with Gasteiger partial charge in [-0.1, -0.05) is 60.7 Å². The zero-order chi connectivity index (χ0) is 28.8. The van der Waals surface area contributed by atoms with Gasteiger partial charge in [-0.2, -0.15) is 0 Å². The average molecular weight is 614 g/mol. The van der Waals surface area contributed by atoms with Crippen LogP contribution in [0.15, 0.2) is 140 Å². The van der Waals surface area contributed by atoms with Crippen molar-refractivity contribution in [3.63, 3.8) is 0 Å². The zero-order valence-corrected chi connectivity index (χ0v) is 25.9. The number of fused-ring (bicyclic) bond motifs is 10. The number of rotatable bonds is 3. The summed E-state index contributed by atoms with van der Waals surface area (Å²) in [6, 6.07) is 51.9. The molecule has 7 aromatic carbocycles. The maximum absolute atomic E-state index is 2.44. The first-order chi connectivity index (χ1) is 21.8. The number of hydrogen-bond acceptors (Lipinski definition) is 4. The topological polar surface area (TPSA) is 3.24 Å². The minimum atomic E-state index is 1.16. The minimum absolute atomic E-state index is 1.16. The number of benzene rings is 7. The molecule has 206 valence electrons. The molecule has 3 heterocycles. The fourth-order valence-corrected chi connectivity index (χ4v) is 10.1. The number of hydrogen-bond donors (Lipinski definition) is 0. The third-order valence-corrected chi connectivity index (χ3v) is 12.3. The lowest BCUT2D eigenvalue weighted by molar-refractivity contribution is 1.30. The van der Waals surface area contributed by atoms with E-state index < -0.39 is 0 Å². The summed E-state index contributed by atoms with van der Waals surface area (Å²) in [6.07, 6.45) is 0. The van der Waals surface area contributed by atoms with Gasteiger partial charge >= 0.3 is 0 Å². The van der Waals surface area contributed by atoms with Gasteiger partial charge in [0.15, 0.2) is 0 Å². The molecule has 0 aliphatic rings. The van der Waals surface area contributed by atoms with E-state index in [1.165, 1.54) is 82.7 Å². The molecule has 0 radical (unpaired) electrons. The Kier molecular flexibility index (Phi) is 5.26. The highest BCUT2D eigenvalue weighted by Crippen LogP contribution is 2.44. The summed E-state index contributed by atoms with van der Waals surface area (Å²) in [5.41, 5.74) is 3.50. The summed E-state index contributed by atoms with van der Waals surface area (Å²) < 4.78 is 7.97. The van der Waals surface area contributed by atoms with E-state index in [2.05, 4.69) is 144 Å². The molecule has 3 aromatic heterocycles. The van der Waals surface area contributed by atoms with Gasteiger partial charge in [-0.3, -0.25) is 0 Å². The third-order valence-electron chi connectivity index (χ3n) is 8.81.